The molecule has 0 unspecified atom stereocenters. The molecule has 7 heteroatoms. The van der Waals surface area contributed by atoms with Gasteiger partial charge in [-0.25, -0.2) is 14.8 Å². The van der Waals surface area contributed by atoms with Crippen LogP contribution in [0.4, 0.5) is 0 Å². The molecule has 4 rings (SSSR count). The Labute approximate surface area is 158 Å². The molecule has 3 heterocycles. The molecule has 130 valence electrons. The van der Waals surface area contributed by atoms with Crippen molar-refractivity contribution in [3.05, 3.63) is 74.3 Å². The summed E-state index contributed by atoms with van der Waals surface area (Å²) in [7, 11) is 0. The fourth-order valence-electron chi connectivity index (χ4n) is 2.98. The number of benzene rings is 1. The molecule has 0 saturated carbocycles. The summed E-state index contributed by atoms with van der Waals surface area (Å²) >= 11 is 12.6. The summed E-state index contributed by atoms with van der Waals surface area (Å²) in [6.07, 6.45) is 1.61. The van der Waals surface area contributed by atoms with E-state index < -0.39 is 5.63 Å². The summed E-state index contributed by atoms with van der Waals surface area (Å²) in [4.78, 5) is 21.3. The predicted octanol–water partition coefficient (Wildman–Crippen LogP) is 4.96. The van der Waals surface area contributed by atoms with Gasteiger partial charge in [-0.2, -0.15) is 0 Å². The minimum absolute atomic E-state index is 0.156. The van der Waals surface area contributed by atoms with Gasteiger partial charge < -0.3 is 4.42 Å². The van der Waals surface area contributed by atoms with E-state index in [2.05, 4.69) is 9.97 Å². The van der Waals surface area contributed by atoms with E-state index in [1.54, 1.807) is 41.1 Å². The van der Waals surface area contributed by atoms with Crippen LogP contribution >= 0.6 is 23.2 Å². The number of hydrogen-bond donors (Lipinski definition) is 0. The summed E-state index contributed by atoms with van der Waals surface area (Å²) < 4.78 is 7.09. The maximum atomic E-state index is 12.5. The normalized spacial score (nSPS) is 11.2. The fourth-order valence-corrected chi connectivity index (χ4v) is 3.42. The largest absolute Gasteiger partial charge is 0.401 e. The molecule has 3 aromatic heterocycles. The number of nitrogens with zero attached hydrogens (tertiary/aromatic N) is 3. The zero-order chi connectivity index (χ0) is 18.4. The van der Waals surface area contributed by atoms with Gasteiger partial charge in [-0.05, 0) is 55.3 Å². The van der Waals surface area contributed by atoms with Crippen molar-refractivity contribution in [1.29, 1.82) is 0 Å². The SMILES string of the molecule is Cc1cc(C)c2nc(-c3ccc(Cl)n3-c3ncccc3Cl)oc(=O)c2c1. The van der Waals surface area contributed by atoms with E-state index in [-0.39, 0.29) is 5.89 Å². The van der Waals surface area contributed by atoms with Crippen molar-refractivity contribution < 1.29 is 4.42 Å². The van der Waals surface area contributed by atoms with Gasteiger partial charge in [-0.15, -0.1) is 0 Å². The number of aryl methyl sites for hydroxylation is 2. The number of aromatic nitrogens is 3. The molecule has 5 nitrogen and oxygen atoms in total. The second-order valence-corrected chi connectivity index (χ2v) is 6.76. The van der Waals surface area contributed by atoms with Gasteiger partial charge in [0, 0.05) is 6.20 Å². The topological polar surface area (TPSA) is 60.9 Å². The molecule has 0 spiro atoms. The van der Waals surface area contributed by atoms with Gasteiger partial charge in [0.25, 0.3) is 0 Å². The molecular weight excluding hydrogens is 373 g/mol. The van der Waals surface area contributed by atoms with Crippen LogP contribution in [0.15, 0.2) is 51.8 Å². The average Bonchev–Trinajstić information content (AvgIpc) is 2.97. The zero-order valence-corrected chi connectivity index (χ0v) is 15.5. The molecule has 0 N–H and O–H groups in total. The minimum Gasteiger partial charge on any atom is -0.401 e. The van der Waals surface area contributed by atoms with Crippen LogP contribution in [0.2, 0.25) is 10.2 Å². The van der Waals surface area contributed by atoms with Crippen LogP contribution in [0.25, 0.3) is 28.3 Å². The average molecular weight is 386 g/mol. The van der Waals surface area contributed by atoms with Gasteiger partial charge >= 0.3 is 5.63 Å². The summed E-state index contributed by atoms with van der Waals surface area (Å²) in [5.41, 5.74) is 2.51. The van der Waals surface area contributed by atoms with Gasteiger partial charge in [0.15, 0.2) is 5.82 Å². The molecule has 0 bridgehead atoms. The molecule has 1 aromatic carbocycles. The van der Waals surface area contributed by atoms with Gasteiger partial charge in [-0.3, -0.25) is 4.57 Å². The van der Waals surface area contributed by atoms with Gasteiger partial charge in [0.1, 0.15) is 10.8 Å². The van der Waals surface area contributed by atoms with E-state index in [9.17, 15) is 4.79 Å². The molecule has 0 saturated heterocycles. The highest BCUT2D eigenvalue weighted by molar-refractivity contribution is 6.33. The Kier molecular flexibility index (Phi) is 4.05. The number of pyridine rings is 1. The van der Waals surface area contributed by atoms with Crippen molar-refractivity contribution in [2.45, 2.75) is 13.8 Å². The van der Waals surface area contributed by atoms with Gasteiger partial charge in [0.2, 0.25) is 5.89 Å². The summed E-state index contributed by atoms with van der Waals surface area (Å²) in [6, 6.07) is 10.6. The molecule has 0 radical (unpaired) electrons. The van der Waals surface area contributed by atoms with Crippen LogP contribution in [0, 0.1) is 13.8 Å². The van der Waals surface area contributed by atoms with E-state index in [0.29, 0.717) is 32.6 Å². The summed E-state index contributed by atoms with van der Waals surface area (Å²) in [5, 5.41) is 1.25. The van der Waals surface area contributed by atoms with E-state index in [1.807, 2.05) is 19.9 Å². The molecule has 0 atom stereocenters. The molecular formula is C19H13Cl2N3O2. The van der Waals surface area contributed by atoms with E-state index >= 15 is 0 Å². The van der Waals surface area contributed by atoms with Crippen LogP contribution in [0.3, 0.4) is 0 Å². The molecule has 0 aliphatic rings. The third-order valence-electron chi connectivity index (χ3n) is 4.07. The quantitative estimate of drug-likeness (QED) is 0.488. The van der Waals surface area contributed by atoms with Crippen molar-refractivity contribution in [2.24, 2.45) is 0 Å². The van der Waals surface area contributed by atoms with Crippen molar-refractivity contribution >= 4 is 34.1 Å². The van der Waals surface area contributed by atoms with E-state index in [1.165, 1.54) is 0 Å². The monoisotopic (exact) mass is 385 g/mol. The number of hydrogen-bond acceptors (Lipinski definition) is 4. The van der Waals surface area contributed by atoms with Gasteiger partial charge in [-0.1, -0.05) is 29.3 Å². The first kappa shape index (κ1) is 16.8. The molecule has 0 amide bonds. The molecule has 0 fully saturated rings. The first-order valence-corrected chi connectivity index (χ1v) is 8.62. The lowest BCUT2D eigenvalue weighted by atomic mass is 10.1. The molecule has 0 aliphatic heterocycles. The Morgan fingerprint density at radius 1 is 1.12 bits per heavy atom. The van der Waals surface area contributed by atoms with Gasteiger partial charge in [0.05, 0.1) is 15.9 Å². The van der Waals surface area contributed by atoms with Crippen LogP contribution in [-0.4, -0.2) is 14.5 Å². The summed E-state index contributed by atoms with van der Waals surface area (Å²) in [6.45, 7) is 3.83. The highest BCUT2D eigenvalue weighted by Gasteiger charge is 2.19. The molecule has 26 heavy (non-hydrogen) atoms. The fraction of sp³-hybridized carbons (Fsp3) is 0.105. The highest BCUT2D eigenvalue weighted by atomic mass is 35.5. The van der Waals surface area contributed by atoms with Crippen LogP contribution in [0.1, 0.15) is 11.1 Å². The lowest BCUT2D eigenvalue weighted by Gasteiger charge is -2.11. The third-order valence-corrected chi connectivity index (χ3v) is 4.66. The van der Waals surface area contributed by atoms with Crippen molar-refractivity contribution in [3.8, 4) is 17.4 Å². The minimum atomic E-state index is -0.451. The predicted molar refractivity (Wildman–Crippen MR) is 102 cm³/mol. The Bertz CT molecular complexity index is 1210. The second kappa shape index (κ2) is 6.27. The van der Waals surface area contributed by atoms with E-state index in [4.69, 9.17) is 27.6 Å². The lowest BCUT2D eigenvalue weighted by molar-refractivity contribution is 0.514. The van der Waals surface area contributed by atoms with Crippen molar-refractivity contribution in [3.63, 3.8) is 0 Å². The lowest BCUT2D eigenvalue weighted by Crippen LogP contribution is -2.07. The van der Waals surface area contributed by atoms with Crippen LogP contribution in [0.5, 0.6) is 0 Å². The maximum absolute atomic E-state index is 12.5. The second-order valence-electron chi connectivity index (χ2n) is 5.97. The third kappa shape index (κ3) is 2.69. The first-order valence-electron chi connectivity index (χ1n) is 7.86. The highest BCUT2D eigenvalue weighted by Crippen LogP contribution is 2.31. The smallest absolute Gasteiger partial charge is 0.347 e. The molecule has 4 aromatic rings. The number of fused-ring (bicyclic) bond motifs is 1. The molecule has 0 aliphatic carbocycles. The zero-order valence-electron chi connectivity index (χ0n) is 14.0. The number of halogens is 2. The summed E-state index contributed by atoms with van der Waals surface area (Å²) in [5.74, 6) is 0.590. The number of rotatable bonds is 2. The Balaban J connectivity index is 2.01. The standard InChI is InChI=1S/C19H13Cl2N3O2/c1-10-8-11(2)16-12(9-10)19(25)26-18(23-16)14-5-6-15(21)24(14)17-13(20)4-3-7-22-17/h3-9H,1-2H3. The van der Waals surface area contributed by atoms with Crippen LogP contribution in [-0.2, 0) is 0 Å². The van der Waals surface area contributed by atoms with Crippen LogP contribution < -0.4 is 5.63 Å². The Hall–Kier alpha value is -2.63. The Morgan fingerprint density at radius 3 is 2.69 bits per heavy atom. The van der Waals surface area contributed by atoms with Crippen molar-refractivity contribution in [2.75, 3.05) is 0 Å². The Morgan fingerprint density at radius 2 is 1.92 bits per heavy atom. The first-order chi connectivity index (χ1) is 12.5. The van der Waals surface area contributed by atoms with E-state index in [0.717, 1.165) is 11.1 Å². The maximum Gasteiger partial charge on any atom is 0.347 e. The van der Waals surface area contributed by atoms with Crippen molar-refractivity contribution in [1.82, 2.24) is 14.5 Å².